The molecule has 0 aliphatic heterocycles. The lowest BCUT2D eigenvalue weighted by molar-refractivity contribution is -0.128. The molecule has 0 saturated heterocycles. The number of nitrogens with one attached hydrogen (secondary N) is 2. The SMILES string of the molecule is NCC1(NC(=O)C2CCC(NC(=O)CC3CCCCC3)CC2)CCCC1. The molecular formula is C21H37N3O2. The van der Waals surface area contributed by atoms with E-state index < -0.39 is 0 Å². The smallest absolute Gasteiger partial charge is 0.223 e. The molecule has 0 radical (unpaired) electrons. The molecule has 0 unspecified atom stereocenters. The van der Waals surface area contributed by atoms with Crippen LogP contribution in [0.2, 0.25) is 0 Å². The second-order valence-electron chi connectivity index (χ2n) is 9.01. The summed E-state index contributed by atoms with van der Waals surface area (Å²) in [5, 5.41) is 6.50. The van der Waals surface area contributed by atoms with E-state index in [1.165, 1.54) is 32.1 Å². The predicted octanol–water partition coefficient (Wildman–Crippen LogP) is 3.02. The Morgan fingerprint density at radius 2 is 1.54 bits per heavy atom. The Bertz CT molecular complexity index is 474. The van der Waals surface area contributed by atoms with Crippen LogP contribution in [0.4, 0.5) is 0 Å². The van der Waals surface area contributed by atoms with Gasteiger partial charge in [0.15, 0.2) is 0 Å². The number of hydrogen-bond acceptors (Lipinski definition) is 3. The van der Waals surface area contributed by atoms with Gasteiger partial charge in [0.05, 0.1) is 5.54 Å². The van der Waals surface area contributed by atoms with Crippen molar-refractivity contribution >= 4 is 11.8 Å². The number of amides is 2. The van der Waals surface area contributed by atoms with Gasteiger partial charge in [-0.15, -0.1) is 0 Å². The van der Waals surface area contributed by atoms with E-state index in [-0.39, 0.29) is 29.3 Å². The van der Waals surface area contributed by atoms with Crippen molar-refractivity contribution in [1.29, 1.82) is 0 Å². The lowest BCUT2D eigenvalue weighted by Gasteiger charge is -2.34. The molecule has 5 nitrogen and oxygen atoms in total. The minimum atomic E-state index is -0.151. The maximum absolute atomic E-state index is 12.7. The molecule has 3 saturated carbocycles. The minimum Gasteiger partial charge on any atom is -0.353 e. The highest BCUT2D eigenvalue weighted by Gasteiger charge is 2.36. The number of carbonyl (C=O) groups excluding carboxylic acids is 2. The largest absolute Gasteiger partial charge is 0.353 e. The molecule has 4 N–H and O–H groups in total. The Hall–Kier alpha value is -1.10. The first-order valence-electron chi connectivity index (χ1n) is 10.9. The Morgan fingerprint density at radius 1 is 0.885 bits per heavy atom. The van der Waals surface area contributed by atoms with Crippen LogP contribution < -0.4 is 16.4 Å². The highest BCUT2D eigenvalue weighted by atomic mass is 16.2. The summed E-state index contributed by atoms with van der Waals surface area (Å²) in [4.78, 5) is 25.0. The lowest BCUT2D eigenvalue weighted by atomic mass is 9.84. The van der Waals surface area contributed by atoms with Gasteiger partial charge in [-0.25, -0.2) is 0 Å². The lowest BCUT2D eigenvalue weighted by Crippen LogP contribution is -2.54. The molecule has 148 valence electrons. The quantitative estimate of drug-likeness (QED) is 0.678. The van der Waals surface area contributed by atoms with Gasteiger partial charge in [-0.1, -0.05) is 32.1 Å². The average molecular weight is 364 g/mol. The summed E-state index contributed by atoms with van der Waals surface area (Å²) in [7, 11) is 0. The fourth-order valence-corrected chi connectivity index (χ4v) is 5.24. The molecule has 3 aliphatic rings. The molecule has 0 aromatic rings. The maximum atomic E-state index is 12.7. The van der Waals surface area contributed by atoms with Crippen molar-refractivity contribution in [1.82, 2.24) is 10.6 Å². The van der Waals surface area contributed by atoms with E-state index in [1.807, 2.05) is 0 Å². The molecule has 3 rings (SSSR count). The average Bonchev–Trinajstić information content (AvgIpc) is 3.12. The van der Waals surface area contributed by atoms with Crippen LogP contribution in [0.3, 0.4) is 0 Å². The number of nitrogens with two attached hydrogens (primary N) is 1. The third kappa shape index (κ3) is 5.21. The normalized spacial score (nSPS) is 29.3. The van der Waals surface area contributed by atoms with E-state index in [0.717, 1.165) is 51.4 Å². The molecular weight excluding hydrogens is 326 g/mol. The van der Waals surface area contributed by atoms with Gasteiger partial charge in [-0.3, -0.25) is 9.59 Å². The molecule has 0 bridgehead atoms. The highest BCUT2D eigenvalue weighted by Crippen LogP contribution is 2.31. The van der Waals surface area contributed by atoms with Crippen LogP contribution >= 0.6 is 0 Å². The third-order valence-corrected chi connectivity index (χ3v) is 7.00. The molecule has 0 aromatic carbocycles. The van der Waals surface area contributed by atoms with Crippen molar-refractivity contribution in [2.45, 2.75) is 101 Å². The van der Waals surface area contributed by atoms with Crippen molar-refractivity contribution < 1.29 is 9.59 Å². The summed E-state index contributed by atoms with van der Waals surface area (Å²) in [5.41, 5.74) is 5.79. The molecule has 0 aromatic heterocycles. The molecule has 0 spiro atoms. The topological polar surface area (TPSA) is 84.2 Å². The molecule has 3 fully saturated rings. The van der Waals surface area contributed by atoms with Crippen LogP contribution in [0.15, 0.2) is 0 Å². The van der Waals surface area contributed by atoms with E-state index in [0.29, 0.717) is 18.9 Å². The predicted molar refractivity (Wildman–Crippen MR) is 103 cm³/mol. The van der Waals surface area contributed by atoms with E-state index in [2.05, 4.69) is 10.6 Å². The second kappa shape index (κ2) is 9.20. The fourth-order valence-electron chi connectivity index (χ4n) is 5.24. The van der Waals surface area contributed by atoms with Gasteiger partial charge in [0.2, 0.25) is 11.8 Å². The van der Waals surface area contributed by atoms with Crippen LogP contribution in [0.1, 0.15) is 89.9 Å². The standard InChI is InChI=1S/C21H37N3O2/c22-15-21(12-4-5-13-21)24-20(26)17-8-10-18(11-9-17)23-19(25)14-16-6-2-1-3-7-16/h16-18H,1-15,22H2,(H,23,25)(H,24,26). The van der Waals surface area contributed by atoms with E-state index >= 15 is 0 Å². The van der Waals surface area contributed by atoms with Crippen molar-refractivity contribution in [2.24, 2.45) is 17.6 Å². The number of rotatable bonds is 6. The molecule has 2 amide bonds. The van der Waals surface area contributed by atoms with Crippen LogP contribution in [0.25, 0.3) is 0 Å². The number of hydrogen-bond donors (Lipinski definition) is 3. The van der Waals surface area contributed by atoms with Crippen LogP contribution in [0, 0.1) is 11.8 Å². The van der Waals surface area contributed by atoms with Gasteiger partial charge in [0, 0.05) is 24.9 Å². The van der Waals surface area contributed by atoms with Crippen LogP contribution in [-0.4, -0.2) is 29.9 Å². The van der Waals surface area contributed by atoms with Gasteiger partial charge in [-0.2, -0.15) is 0 Å². The summed E-state index contributed by atoms with van der Waals surface area (Å²) in [6.45, 7) is 0.547. The molecule has 0 heterocycles. The van der Waals surface area contributed by atoms with Gasteiger partial charge in [0.1, 0.15) is 0 Å². The first kappa shape index (κ1) is 19.7. The van der Waals surface area contributed by atoms with E-state index in [4.69, 9.17) is 5.73 Å². The molecule has 26 heavy (non-hydrogen) atoms. The Balaban J connectivity index is 1.38. The third-order valence-electron chi connectivity index (χ3n) is 7.00. The molecule has 3 aliphatic carbocycles. The van der Waals surface area contributed by atoms with Gasteiger partial charge < -0.3 is 16.4 Å². The van der Waals surface area contributed by atoms with Gasteiger partial charge >= 0.3 is 0 Å². The van der Waals surface area contributed by atoms with Crippen molar-refractivity contribution in [3.8, 4) is 0 Å². The minimum absolute atomic E-state index is 0.0884. The first-order chi connectivity index (χ1) is 12.6. The summed E-state index contributed by atoms with van der Waals surface area (Å²) in [6, 6.07) is 0.255. The maximum Gasteiger partial charge on any atom is 0.223 e. The number of carbonyl (C=O) groups is 2. The van der Waals surface area contributed by atoms with E-state index in [1.54, 1.807) is 0 Å². The van der Waals surface area contributed by atoms with Gasteiger partial charge in [0.25, 0.3) is 0 Å². The monoisotopic (exact) mass is 363 g/mol. The molecule has 0 atom stereocenters. The van der Waals surface area contributed by atoms with E-state index in [9.17, 15) is 9.59 Å². The first-order valence-corrected chi connectivity index (χ1v) is 10.9. The van der Waals surface area contributed by atoms with Crippen molar-refractivity contribution in [2.75, 3.05) is 6.54 Å². The molecule has 5 heteroatoms. The van der Waals surface area contributed by atoms with Crippen molar-refractivity contribution in [3.05, 3.63) is 0 Å². The Morgan fingerprint density at radius 3 is 2.15 bits per heavy atom. The Kier molecular flexibility index (Phi) is 6.96. The summed E-state index contributed by atoms with van der Waals surface area (Å²) in [5.74, 6) is 1.08. The van der Waals surface area contributed by atoms with Crippen molar-refractivity contribution in [3.63, 3.8) is 0 Å². The Labute approximate surface area is 158 Å². The second-order valence-corrected chi connectivity index (χ2v) is 9.01. The summed E-state index contributed by atoms with van der Waals surface area (Å²) in [6.07, 6.45) is 15.0. The van der Waals surface area contributed by atoms with Gasteiger partial charge in [-0.05, 0) is 57.3 Å². The zero-order valence-corrected chi connectivity index (χ0v) is 16.2. The zero-order chi connectivity index (χ0) is 18.4. The zero-order valence-electron chi connectivity index (χ0n) is 16.2. The van der Waals surface area contributed by atoms with Crippen LogP contribution in [-0.2, 0) is 9.59 Å². The van der Waals surface area contributed by atoms with Crippen LogP contribution in [0.5, 0.6) is 0 Å². The summed E-state index contributed by atoms with van der Waals surface area (Å²) >= 11 is 0. The fraction of sp³-hybridized carbons (Fsp3) is 0.905. The highest BCUT2D eigenvalue weighted by molar-refractivity contribution is 5.80. The summed E-state index contributed by atoms with van der Waals surface area (Å²) < 4.78 is 0.